The van der Waals surface area contributed by atoms with Gasteiger partial charge in [0.05, 0.1) is 12.3 Å². The van der Waals surface area contributed by atoms with E-state index in [1.165, 1.54) is 12.8 Å². The van der Waals surface area contributed by atoms with Gasteiger partial charge >= 0.3 is 0 Å². The van der Waals surface area contributed by atoms with Crippen LogP contribution < -0.4 is 10.5 Å². The van der Waals surface area contributed by atoms with Crippen LogP contribution in [0.2, 0.25) is 0 Å². The molecule has 0 aliphatic rings. The van der Waals surface area contributed by atoms with Gasteiger partial charge in [0, 0.05) is 18.8 Å². The maximum Gasteiger partial charge on any atom is 0.122 e. The molecule has 0 radical (unpaired) electrons. The highest BCUT2D eigenvalue weighted by Crippen LogP contribution is 2.11. The molecule has 78 valence electrons. The molecule has 1 aromatic heterocycles. The van der Waals surface area contributed by atoms with Crippen LogP contribution in [0.15, 0.2) is 18.3 Å². The molecule has 1 rings (SSSR count). The van der Waals surface area contributed by atoms with Gasteiger partial charge in [0.1, 0.15) is 5.75 Å². The molecule has 0 saturated carbocycles. The summed E-state index contributed by atoms with van der Waals surface area (Å²) in [6.45, 7) is 3.42. The van der Waals surface area contributed by atoms with Crippen LogP contribution in [0.4, 0.5) is 0 Å². The second-order valence-corrected chi connectivity index (χ2v) is 3.24. The van der Waals surface area contributed by atoms with Gasteiger partial charge in [0.2, 0.25) is 0 Å². The fraction of sp³-hybridized carbons (Fsp3) is 0.545. The molecule has 0 atom stereocenters. The van der Waals surface area contributed by atoms with Gasteiger partial charge < -0.3 is 10.5 Å². The van der Waals surface area contributed by atoms with Crippen molar-refractivity contribution in [3.05, 3.63) is 24.0 Å². The lowest BCUT2D eigenvalue weighted by Gasteiger charge is -2.06. The summed E-state index contributed by atoms with van der Waals surface area (Å²) >= 11 is 0. The number of rotatable bonds is 6. The molecule has 1 heterocycles. The fourth-order valence-corrected chi connectivity index (χ4v) is 1.20. The lowest BCUT2D eigenvalue weighted by molar-refractivity contribution is 0.305. The Bertz CT molecular complexity index is 263. The predicted molar refractivity (Wildman–Crippen MR) is 57.1 cm³/mol. The third-order valence-corrected chi connectivity index (χ3v) is 2.01. The van der Waals surface area contributed by atoms with Crippen molar-refractivity contribution in [3.63, 3.8) is 0 Å². The van der Waals surface area contributed by atoms with Crippen LogP contribution in [0.3, 0.4) is 0 Å². The smallest absolute Gasteiger partial charge is 0.122 e. The van der Waals surface area contributed by atoms with Gasteiger partial charge in [-0.2, -0.15) is 0 Å². The minimum absolute atomic E-state index is 0.464. The first kappa shape index (κ1) is 11.0. The summed E-state index contributed by atoms with van der Waals surface area (Å²) in [4.78, 5) is 4.10. The van der Waals surface area contributed by atoms with E-state index in [9.17, 15) is 0 Å². The van der Waals surface area contributed by atoms with Gasteiger partial charge in [-0.25, -0.2) is 0 Å². The number of hydrogen-bond acceptors (Lipinski definition) is 3. The molecular weight excluding hydrogens is 176 g/mol. The second kappa shape index (κ2) is 6.38. The monoisotopic (exact) mass is 194 g/mol. The summed E-state index contributed by atoms with van der Waals surface area (Å²) < 4.78 is 5.56. The summed E-state index contributed by atoms with van der Waals surface area (Å²) in [6, 6.07) is 3.76. The van der Waals surface area contributed by atoms with Crippen molar-refractivity contribution in [3.8, 4) is 5.75 Å². The Morgan fingerprint density at radius 3 is 3.00 bits per heavy atom. The Balaban J connectivity index is 2.34. The molecule has 1 aromatic rings. The first-order valence-corrected chi connectivity index (χ1v) is 5.14. The number of unbranched alkanes of at least 4 members (excludes halogenated alkanes) is 2. The molecular formula is C11H18N2O. The lowest BCUT2D eigenvalue weighted by atomic mass is 10.3. The van der Waals surface area contributed by atoms with Crippen molar-refractivity contribution >= 4 is 0 Å². The van der Waals surface area contributed by atoms with E-state index in [1.54, 1.807) is 6.20 Å². The van der Waals surface area contributed by atoms with Crippen LogP contribution in [0, 0.1) is 0 Å². The van der Waals surface area contributed by atoms with Crippen molar-refractivity contribution in [1.29, 1.82) is 0 Å². The van der Waals surface area contributed by atoms with E-state index >= 15 is 0 Å². The number of nitrogens with zero attached hydrogens (tertiary/aromatic N) is 1. The van der Waals surface area contributed by atoms with E-state index in [2.05, 4.69) is 11.9 Å². The van der Waals surface area contributed by atoms with Crippen molar-refractivity contribution < 1.29 is 4.74 Å². The average Bonchev–Trinajstić information content (AvgIpc) is 2.25. The molecule has 0 bridgehead atoms. The average molecular weight is 194 g/mol. The minimum atomic E-state index is 0.464. The topological polar surface area (TPSA) is 48.1 Å². The van der Waals surface area contributed by atoms with Gasteiger partial charge in [0.25, 0.3) is 0 Å². The SMILES string of the molecule is CCCCCOc1ccnc(CN)c1. The Kier molecular flexibility index (Phi) is 5.00. The van der Waals surface area contributed by atoms with Crippen molar-refractivity contribution in [2.24, 2.45) is 5.73 Å². The zero-order valence-corrected chi connectivity index (χ0v) is 8.70. The normalized spacial score (nSPS) is 10.1. The first-order valence-electron chi connectivity index (χ1n) is 5.14. The lowest BCUT2D eigenvalue weighted by Crippen LogP contribution is -2.01. The minimum Gasteiger partial charge on any atom is -0.493 e. The molecule has 14 heavy (non-hydrogen) atoms. The molecule has 0 aliphatic carbocycles. The zero-order valence-electron chi connectivity index (χ0n) is 8.70. The highest BCUT2D eigenvalue weighted by atomic mass is 16.5. The summed E-state index contributed by atoms with van der Waals surface area (Å²) in [5.74, 6) is 0.872. The van der Waals surface area contributed by atoms with E-state index in [-0.39, 0.29) is 0 Å². The zero-order chi connectivity index (χ0) is 10.2. The van der Waals surface area contributed by atoms with E-state index in [0.717, 1.165) is 24.5 Å². The molecule has 0 spiro atoms. The quantitative estimate of drug-likeness (QED) is 0.705. The summed E-state index contributed by atoms with van der Waals surface area (Å²) in [6.07, 6.45) is 5.27. The van der Waals surface area contributed by atoms with E-state index < -0.39 is 0 Å². The summed E-state index contributed by atoms with van der Waals surface area (Å²) in [5.41, 5.74) is 6.35. The number of pyridine rings is 1. The maximum absolute atomic E-state index is 5.56. The molecule has 2 N–H and O–H groups in total. The van der Waals surface area contributed by atoms with Gasteiger partial charge in [0.15, 0.2) is 0 Å². The maximum atomic E-state index is 5.56. The largest absolute Gasteiger partial charge is 0.493 e. The molecule has 0 saturated heterocycles. The fourth-order valence-electron chi connectivity index (χ4n) is 1.20. The molecule has 0 aromatic carbocycles. The number of aromatic nitrogens is 1. The summed E-state index contributed by atoms with van der Waals surface area (Å²) in [5, 5.41) is 0. The van der Waals surface area contributed by atoms with Crippen molar-refractivity contribution in [1.82, 2.24) is 4.98 Å². The van der Waals surface area contributed by atoms with Crippen molar-refractivity contribution in [2.45, 2.75) is 32.7 Å². The molecule has 0 fully saturated rings. The van der Waals surface area contributed by atoms with E-state index in [0.29, 0.717) is 6.54 Å². The predicted octanol–water partition coefficient (Wildman–Crippen LogP) is 2.11. The molecule has 0 unspecified atom stereocenters. The van der Waals surface area contributed by atoms with Crippen molar-refractivity contribution in [2.75, 3.05) is 6.61 Å². The van der Waals surface area contributed by atoms with Gasteiger partial charge in [-0.05, 0) is 12.5 Å². The van der Waals surface area contributed by atoms with Gasteiger partial charge in [-0.15, -0.1) is 0 Å². The molecule has 3 heteroatoms. The first-order chi connectivity index (χ1) is 6.86. The molecule has 0 aliphatic heterocycles. The number of hydrogen-bond donors (Lipinski definition) is 1. The standard InChI is InChI=1S/C11H18N2O/c1-2-3-4-7-14-11-5-6-13-10(8-11)9-12/h5-6,8H,2-4,7,9,12H2,1H3. The van der Waals surface area contributed by atoms with E-state index in [1.807, 2.05) is 12.1 Å². The van der Waals surface area contributed by atoms with Crippen LogP contribution in [-0.2, 0) is 6.54 Å². The van der Waals surface area contributed by atoms with Crippen LogP contribution in [0.25, 0.3) is 0 Å². The van der Waals surface area contributed by atoms with Crippen LogP contribution >= 0.6 is 0 Å². The molecule has 3 nitrogen and oxygen atoms in total. The van der Waals surface area contributed by atoms with Gasteiger partial charge in [-0.3, -0.25) is 4.98 Å². The highest BCUT2D eigenvalue weighted by Gasteiger charge is 1.95. The Morgan fingerprint density at radius 1 is 1.43 bits per heavy atom. The molecule has 0 amide bonds. The second-order valence-electron chi connectivity index (χ2n) is 3.24. The van der Waals surface area contributed by atoms with Crippen LogP contribution in [-0.4, -0.2) is 11.6 Å². The highest BCUT2D eigenvalue weighted by molar-refractivity contribution is 5.22. The number of ether oxygens (including phenoxy) is 1. The third-order valence-electron chi connectivity index (χ3n) is 2.01. The number of nitrogens with two attached hydrogens (primary N) is 1. The summed E-state index contributed by atoms with van der Waals surface area (Å²) in [7, 11) is 0. The Labute approximate surface area is 85.3 Å². The third kappa shape index (κ3) is 3.75. The Morgan fingerprint density at radius 2 is 2.29 bits per heavy atom. The Hall–Kier alpha value is -1.09. The van der Waals surface area contributed by atoms with Crippen LogP contribution in [0.1, 0.15) is 31.9 Å². The van der Waals surface area contributed by atoms with Crippen LogP contribution in [0.5, 0.6) is 5.75 Å². The van der Waals surface area contributed by atoms with Gasteiger partial charge in [-0.1, -0.05) is 19.8 Å². The van der Waals surface area contributed by atoms with E-state index in [4.69, 9.17) is 10.5 Å².